The van der Waals surface area contributed by atoms with Crippen molar-refractivity contribution in [2.45, 2.75) is 38.7 Å². The number of carbonyl (C=O) groups excluding carboxylic acids is 1. The van der Waals surface area contributed by atoms with E-state index in [0.717, 1.165) is 16.9 Å². The van der Waals surface area contributed by atoms with Gasteiger partial charge >= 0.3 is 0 Å². The van der Waals surface area contributed by atoms with Crippen LogP contribution in [0, 0.1) is 0 Å². The van der Waals surface area contributed by atoms with Crippen molar-refractivity contribution >= 4 is 5.78 Å². The molecule has 3 rings (SSSR count). The second kappa shape index (κ2) is 7.14. The van der Waals surface area contributed by atoms with Crippen LogP contribution in [0.2, 0.25) is 0 Å². The van der Waals surface area contributed by atoms with Gasteiger partial charge in [-0.25, -0.2) is 0 Å². The highest BCUT2D eigenvalue weighted by atomic mass is 16.5. The first-order chi connectivity index (χ1) is 12.8. The highest BCUT2D eigenvalue weighted by molar-refractivity contribution is 6.03. The number of benzene rings is 2. The van der Waals surface area contributed by atoms with Crippen LogP contribution in [0.5, 0.6) is 23.0 Å². The van der Waals surface area contributed by atoms with Crippen molar-refractivity contribution in [2.24, 2.45) is 0 Å². The molecular formula is C22H26O5. The third-order valence-corrected chi connectivity index (χ3v) is 4.61. The molecule has 0 heterocycles. The Labute approximate surface area is 160 Å². The normalized spacial score (nSPS) is 16.1. The molecule has 5 nitrogen and oxygen atoms in total. The minimum atomic E-state index is -0.259. The van der Waals surface area contributed by atoms with E-state index in [9.17, 15) is 4.79 Å². The minimum absolute atomic E-state index is 0.0734. The van der Waals surface area contributed by atoms with E-state index in [2.05, 4.69) is 0 Å². The summed E-state index contributed by atoms with van der Waals surface area (Å²) in [5.74, 6) is 2.34. The van der Waals surface area contributed by atoms with E-state index in [1.807, 2.05) is 45.0 Å². The van der Waals surface area contributed by atoms with Crippen molar-refractivity contribution < 1.29 is 23.7 Å². The van der Waals surface area contributed by atoms with Crippen molar-refractivity contribution in [3.05, 3.63) is 47.0 Å². The standard InChI is InChI=1S/C22H26O5/c1-22(2,3)27-14-9-7-13(8-10-14)15-11-17(23)16-12-18(24-4)20(25-5)21(26-6)19(15)16/h7-10,12,15H,11H2,1-6H3. The molecule has 5 heteroatoms. The van der Waals surface area contributed by atoms with Gasteiger partial charge in [-0.3, -0.25) is 4.79 Å². The maximum Gasteiger partial charge on any atom is 0.203 e. The molecule has 2 aromatic carbocycles. The maximum atomic E-state index is 12.7. The molecule has 0 spiro atoms. The molecule has 0 saturated heterocycles. The summed E-state index contributed by atoms with van der Waals surface area (Å²) in [5.41, 5.74) is 2.26. The van der Waals surface area contributed by atoms with Crippen molar-refractivity contribution in [2.75, 3.05) is 21.3 Å². The molecule has 0 bridgehead atoms. The number of hydrogen-bond donors (Lipinski definition) is 0. The molecule has 144 valence electrons. The first-order valence-electron chi connectivity index (χ1n) is 8.94. The van der Waals surface area contributed by atoms with Gasteiger partial charge in [0.05, 0.1) is 21.3 Å². The zero-order valence-corrected chi connectivity index (χ0v) is 16.7. The first-order valence-corrected chi connectivity index (χ1v) is 8.94. The summed E-state index contributed by atoms with van der Waals surface area (Å²) in [7, 11) is 4.70. The Balaban J connectivity index is 2.05. The number of ketones is 1. The van der Waals surface area contributed by atoms with Gasteiger partial charge in [-0.2, -0.15) is 0 Å². The van der Waals surface area contributed by atoms with Gasteiger partial charge in [-0.1, -0.05) is 12.1 Å². The largest absolute Gasteiger partial charge is 0.493 e. The number of hydrogen-bond acceptors (Lipinski definition) is 5. The predicted octanol–water partition coefficient (Wildman–Crippen LogP) is 4.61. The van der Waals surface area contributed by atoms with Crippen LogP contribution in [0.4, 0.5) is 0 Å². The number of rotatable bonds is 5. The van der Waals surface area contributed by atoms with Crippen LogP contribution in [0.3, 0.4) is 0 Å². The van der Waals surface area contributed by atoms with E-state index in [-0.39, 0.29) is 17.3 Å². The van der Waals surface area contributed by atoms with Gasteiger partial charge in [0.25, 0.3) is 0 Å². The molecule has 0 amide bonds. The Hall–Kier alpha value is -2.69. The van der Waals surface area contributed by atoms with Gasteiger partial charge in [0, 0.05) is 23.5 Å². The van der Waals surface area contributed by atoms with Crippen LogP contribution in [-0.2, 0) is 0 Å². The fourth-order valence-corrected chi connectivity index (χ4v) is 3.56. The lowest BCUT2D eigenvalue weighted by Gasteiger charge is -2.22. The van der Waals surface area contributed by atoms with Crippen LogP contribution in [-0.4, -0.2) is 32.7 Å². The molecule has 0 aromatic heterocycles. The summed E-state index contributed by atoms with van der Waals surface area (Å²) in [6, 6.07) is 9.64. The molecule has 1 atom stereocenters. The summed E-state index contributed by atoms with van der Waals surface area (Å²) in [6.07, 6.45) is 0.390. The zero-order chi connectivity index (χ0) is 19.8. The smallest absolute Gasteiger partial charge is 0.203 e. The third-order valence-electron chi connectivity index (χ3n) is 4.61. The molecule has 0 fully saturated rings. The summed E-state index contributed by atoms with van der Waals surface area (Å²) in [5, 5.41) is 0. The van der Waals surface area contributed by atoms with Crippen LogP contribution in [0.15, 0.2) is 30.3 Å². The average Bonchev–Trinajstić information content (AvgIpc) is 2.95. The molecule has 27 heavy (non-hydrogen) atoms. The molecule has 1 aliphatic carbocycles. The predicted molar refractivity (Wildman–Crippen MR) is 104 cm³/mol. The fourth-order valence-electron chi connectivity index (χ4n) is 3.56. The van der Waals surface area contributed by atoms with Crippen LogP contribution >= 0.6 is 0 Å². The minimum Gasteiger partial charge on any atom is -0.493 e. The Bertz CT molecular complexity index is 846. The second-order valence-corrected chi connectivity index (χ2v) is 7.57. The Kier molecular flexibility index (Phi) is 5.05. The van der Waals surface area contributed by atoms with Crippen molar-refractivity contribution in [3.63, 3.8) is 0 Å². The summed E-state index contributed by atoms with van der Waals surface area (Å²) >= 11 is 0. The third kappa shape index (κ3) is 3.59. The lowest BCUT2D eigenvalue weighted by atomic mass is 9.92. The SMILES string of the molecule is COc1cc2c(c(OC)c1OC)C(c1ccc(OC(C)(C)C)cc1)CC2=O. The molecule has 2 aromatic rings. The lowest BCUT2D eigenvalue weighted by molar-refractivity contribution is 0.0991. The van der Waals surface area contributed by atoms with E-state index in [1.165, 1.54) is 0 Å². The van der Waals surface area contributed by atoms with Gasteiger partial charge in [0.2, 0.25) is 5.75 Å². The second-order valence-electron chi connectivity index (χ2n) is 7.57. The van der Waals surface area contributed by atoms with Gasteiger partial charge in [0.1, 0.15) is 11.4 Å². The average molecular weight is 370 g/mol. The van der Waals surface area contributed by atoms with E-state index in [4.69, 9.17) is 18.9 Å². The number of fused-ring (bicyclic) bond motifs is 1. The molecule has 0 aliphatic heterocycles. The van der Waals surface area contributed by atoms with Crippen molar-refractivity contribution in [1.29, 1.82) is 0 Å². The first kappa shape index (κ1) is 19.1. The molecule has 0 radical (unpaired) electrons. The fraction of sp³-hybridized carbons (Fsp3) is 0.409. The highest BCUT2D eigenvalue weighted by Gasteiger charge is 2.36. The molecular weight excluding hydrogens is 344 g/mol. The molecule has 0 N–H and O–H groups in total. The molecule has 1 aliphatic rings. The Morgan fingerprint density at radius 3 is 2.07 bits per heavy atom. The monoisotopic (exact) mass is 370 g/mol. The lowest BCUT2D eigenvalue weighted by Crippen LogP contribution is -2.22. The summed E-state index contributed by atoms with van der Waals surface area (Å²) in [4.78, 5) is 12.7. The van der Waals surface area contributed by atoms with Crippen LogP contribution < -0.4 is 18.9 Å². The summed E-state index contributed by atoms with van der Waals surface area (Å²) < 4.78 is 22.4. The number of ether oxygens (including phenoxy) is 4. The maximum absolute atomic E-state index is 12.7. The Morgan fingerprint density at radius 2 is 1.56 bits per heavy atom. The zero-order valence-electron chi connectivity index (χ0n) is 16.7. The number of methoxy groups -OCH3 is 3. The molecule has 1 unspecified atom stereocenters. The topological polar surface area (TPSA) is 54.0 Å². The van der Waals surface area contributed by atoms with E-state index < -0.39 is 0 Å². The van der Waals surface area contributed by atoms with Crippen LogP contribution in [0.25, 0.3) is 0 Å². The van der Waals surface area contributed by atoms with E-state index in [1.54, 1.807) is 27.4 Å². The van der Waals surface area contributed by atoms with Gasteiger partial charge < -0.3 is 18.9 Å². The number of carbonyl (C=O) groups is 1. The van der Waals surface area contributed by atoms with Gasteiger partial charge in [-0.15, -0.1) is 0 Å². The number of Topliss-reactive ketones (excluding diaryl/α,β-unsaturated/α-hetero) is 1. The quantitative estimate of drug-likeness (QED) is 0.769. The van der Waals surface area contributed by atoms with E-state index in [0.29, 0.717) is 29.2 Å². The van der Waals surface area contributed by atoms with Gasteiger partial charge in [-0.05, 0) is 44.5 Å². The van der Waals surface area contributed by atoms with Crippen molar-refractivity contribution in [3.8, 4) is 23.0 Å². The Morgan fingerprint density at radius 1 is 0.926 bits per heavy atom. The van der Waals surface area contributed by atoms with Crippen LogP contribution in [0.1, 0.15) is 54.6 Å². The van der Waals surface area contributed by atoms with E-state index >= 15 is 0 Å². The highest BCUT2D eigenvalue weighted by Crippen LogP contribution is 2.51. The van der Waals surface area contributed by atoms with Crippen molar-refractivity contribution in [1.82, 2.24) is 0 Å². The summed E-state index contributed by atoms with van der Waals surface area (Å²) in [6.45, 7) is 6.03. The molecule has 0 saturated carbocycles. The van der Waals surface area contributed by atoms with Gasteiger partial charge in [0.15, 0.2) is 17.3 Å².